The molecule has 0 aliphatic heterocycles. The number of fused-ring (bicyclic) bond motifs is 12. The Kier molecular flexibility index (Phi) is 7.23. The molecule has 14 aromatic rings. The standard InChI is InChI=1S/C56H34N8/c1-5-13-49-41(9-1)45-31-57-21-17-53(45)61(49)37-25-35(26-38(29-37)62-50-14-6-2-10-42(50)46-32-58-22-18-54(46)62)36-27-39(63-51-15-7-3-11-43(51)47-33-59-23-19-55(47)63)30-40(28-36)64-52-16-8-4-12-44(52)48-34-60-24-20-56(48)64/h1-34H. The van der Waals surface area contributed by atoms with Crippen molar-refractivity contribution in [2.45, 2.75) is 0 Å². The fourth-order valence-electron chi connectivity index (χ4n) is 10.4. The summed E-state index contributed by atoms with van der Waals surface area (Å²) < 4.78 is 9.55. The van der Waals surface area contributed by atoms with E-state index in [1.165, 1.54) is 0 Å². The average molecular weight is 819 g/mol. The Labute approximate surface area is 365 Å². The molecule has 298 valence electrons. The number of nitrogens with zero attached hydrogens (tertiary/aromatic N) is 8. The second-order valence-electron chi connectivity index (χ2n) is 16.5. The molecular formula is C56H34N8. The molecular weight excluding hydrogens is 785 g/mol. The van der Waals surface area contributed by atoms with Crippen LogP contribution in [0.15, 0.2) is 207 Å². The van der Waals surface area contributed by atoms with Crippen molar-refractivity contribution in [3.05, 3.63) is 207 Å². The van der Waals surface area contributed by atoms with Crippen molar-refractivity contribution in [3.63, 3.8) is 0 Å². The lowest BCUT2D eigenvalue weighted by Crippen LogP contribution is -2.02. The number of benzene rings is 6. The first-order chi connectivity index (χ1) is 31.8. The molecule has 0 fully saturated rings. The molecule has 0 saturated carbocycles. The summed E-state index contributed by atoms with van der Waals surface area (Å²) in [6.45, 7) is 0. The third-order valence-corrected chi connectivity index (χ3v) is 13.1. The van der Waals surface area contributed by atoms with Gasteiger partial charge in [0.2, 0.25) is 0 Å². The molecule has 0 saturated heterocycles. The van der Waals surface area contributed by atoms with Gasteiger partial charge in [-0.2, -0.15) is 0 Å². The molecule has 0 unspecified atom stereocenters. The van der Waals surface area contributed by atoms with Crippen LogP contribution in [0.4, 0.5) is 0 Å². The number of pyridine rings is 4. The smallest absolute Gasteiger partial charge is 0.0571 e. The van der Waals surface area contributed by atoms with Crippen LogP contribution in [-0.2, 0) is 0 Å². The van der Waals surface area contributed by atoms with Gasteiger partial charge in [-0.25, -0.2) is 0 Å². The molecule has 0 aliphatic carbocycles. The van der Waals surface area contributed by atoms with Gasteiger partial charge in [0.15, 0.2) is 0 Å². The largest absolute Gasteiger partial charge is 0.309 e. The average Bonchev–Trinajstić information content (AvgIpc) is 4.09. The Morgan fingerprint density at radius 2 is 0.469 bits per heavy atom. The van der Waals surface area contributed by atoms with E-state index in [0.717, 1.165) is 121 Å². The van der Waals surface area contributed by atoms with E-state index in [9.17, 15) is 0 Å². The van der Waals surface area contributed by atoms with Crippen LogP contribution in [-0.4, -0.2) is 38.2 Å². The van der Waals surface area contributed by atoms with Crippen LogP contribution < -0.4 is 0 Å². The van der Waals surface area contributed by atoms with E-state index in [1.807, 2.05) is 49.6 Å². The zero-order valence-corrected chi connectivity index (χ0v) is 34.2. The maximum atomic E-state index is 4.58. The van der Waals surface area contributed by atoms with Crippen molar-refractivity contribution in [2.75, 3.05) is 0 Å². The van der Waals surface area contributed by atoms with E-state index in [4.69, 9.17) is 0 Å². The summed E-state index contributed by atoms with van der Waals surface area (Å²) in [5.74, 6) is 0. The first-order valence-electron chi connectivity index (χ1n) is 21.4. The predicted octanol–water partition coefficient (Wildman–Crippen LogP) is 13.3. The summed E-state index contributed by atoms with van der Waals surface area (Å²) in [5.41, 5.74) is 15.2. The molecule has 0 N–H and O–H groups in total. The number of rotatable bonds is 5. The minimum atomic E-state index is 1.04. The molecule has 0 amide bonds. The van der Waals surface area contributed by atoms with Gasteiger partial charge in [-0.1, -0.05) is 72.8 Å². The number of hydrogen-bond donors (Lipinski definition) is 0. The first kappa shape index (κ1) is 34.8. The molecule has 14 rings (SSSR count). The Balaban J connectivity index is 1.13. The highest BCUT2D eigenvalue weighted by Gasteiger charge is 2.21. The van der Waals surface area contributed by atoms with E-state index in [1.54, 1.807) is 0 Å². The van der Waals surface area contributed by atoms with Gasteiger partial charge in [0.1, 0.15) is 0 Å². The minimum absolute atomic E-state index is 1.04. The van der Waals surface area contributed by atoms with Crippen LogP contribution in [0.3, 0.4) is 0 Å². The predicted molar refractivity (Wildman–Crippen MR) is 260 cm³/mol. The van der Waals surface area contributed by atoms with Gasteiger partial charge in [0, 0.05) is 115 Å². The van der Waals surface area contributed by atoms with Gasteiger partial charge in [0.05, 0.1) is 44.1 Å². The summed E-state index contributed by atoms with van der Waals surface area (Å²) in [6.07, 6.45) is 15.5. The lowest BCUT2D eigenvalue weighted by Gasteiger charge is -2.18. The van der Waals surface area contributed by atoms with Crippen LogP contribution in [0.5, 0.6) is 0 Å². The second kappa shape index (κ2) is 13.3. The number of para-hydroxylation sites is 4. The second-order valence-corrected chi connectivity index (χ2v) is 16.5. The minimum Gasteiger partial charge on any atom is -0.309 e. The summed E-state index contributed by atoms with van der Waals surface area (Å²) >= 11 is 0. The Morgan fingerprint density at radius 1 is 0.234 bits per heavy atom. The van der Waals surface area contributed by atoms with Crippen LogP contribution in [0.2, 0.25) is 0 Å². The van der Waals surface area contributed by atoms with Crippen LogP contribution in [0, 0.1) is 0 Å². The summed E-state index contributed by atoms with van der Waals surface area (Å²) in [6, 6.07) is 57.1. The van der Waals surface area contributed by atoms with Gasteiger partial charge in [0.25, 0.3) is 0 Å². The molecule has 0 aliphatic rings. The molecule has 8 aromatic heterocycles. The maximum Gasteiger partial charge on any atom is 0.0571 e. The molecule has 0 atom stereocenters. The van der Waals surface area contributed by atoms with Crippen molar-refractivity contribution in [1.29, 1.82) is 0 Å². The molecule has 8 heterocycles. The highest BCUT2D eigenvalue weighted by atomic mass is 15.0. The van der Waals surface area contributed by atoms with Crippen molar-refractivity contribution < 1.29 is 0 Å². The van der Waals surface area contributed by atoms with Gasteiger partial charge in [-0.15, -0.1) is 0 Å². The maximum absolute atomic E-state index is 4.58. The molecule has 0 radical (unpaired) electrons. The number of aromatic nitrogens is 8. The van der Waals surface area contributed by atoms with Crippen LogP contribution in [0.25, 0.3) is 121 Å². The monoisotopic (exact) mass is 818 g/mol. The van der Waals surface area contributed by atoms with Crippen molar-refractivity contribution in [3.8, 4) is 33.9 Å². The van der Waals surface area contributed by atoms with Crippen LogP contribution in [0.1, 0.15) is 0 Å². The van der Waals surface area contributed by atoms with E-state index >= 15 is 0 Å². The Morgan fingerprint density at radius 3 is 0.734 bits per heavy atom. The topological polar surface area (TPSA) is 71.3 Å². The quantitative estimate of drug-likeness (QED) is 0.173. The highest BCUT2D eigenvalue weighted by Crippen LogP contribution is 2.41. The molecule has 0 spiro atoms. The van der Waals surface area contributed by atoms with Gasteiger partial charge < -0.3 is 18.3 Å². The lowest BCUT2D eigenvalue weighted by molar-refractivity contribution is 1.12. The molecule has 8 nitrogen and oxygen atoms in total. The summed E-state index contributed by atoms with van der Waals surface area (Å²) in [4.78, 5) is 18.3. The number of hydrogen-bond acceptors (Lipinski definition) is 4. The molecule has 6 aromatic carbocycles. The van der Waals surface area contributed by atoms with E-state index in [2.05, 4.69) is 196 Å². The zero-order chi connectivity index (χ0) is 41.9. The molecule has 0 bridgehead atoms. The summed E-state index contributed by atoms with van der Waals surface area (Å²) in [5, 5.41) is 9.08. The van der Waals surface area contributed by atoms with Gasteiger partial charge in [-0.3, -0.25) is 19.9 Å². The van der Waals surface area contributed by atoms with Crippen molar-refractivity contribution in [1.82, 2.24) is 38.2 Å². The fourth-order valence-corrected chi connectivity index (χ4v) is 10.4. The van der Waals surface area contributed by atoms with E-state index in [-0.39, 0.29) is 0 Å². The Hall–Kier alpha value is -8.88. The first-order valence-corrected chi connectivity index (χ1v) is 21.4. The van der Waals surface area contributed by atoms with Crippen LogP contribution >= 0.6 is 0 Å². The molecule has 64 heavy (non-hydrogen) atoms. The van der Waals surface area contributed by atoms with Gasteiger partial charge in [-0.05, 0) is 96.1 Å². The van der Waals surface area contributed by atoms with Crippen molar-refractivity contribution in [2.24, 2.45) is 0 Å². The van der Waals surface area contributed by atoms with Gasteiger partial charge >= 0.3 is 0 Å². The SMILES string of the molecule is c1ccc2c(c1)c1cnccc1n2-c1cc(-c2cc(-n3c4ccccc4c4cnccc43)cc(-n3c4ccccc4c4cnccc43)c2)cc(-n2c3ccccc3c3cnccc32)c1. The van der Waals surface area contributed by atoms with E-state index < -0.39 is 0 Å². The zero-order valence-electron chi connectivity index (χ0n) is 34.2. The third kappa shape index (κ3) is 4.93. The van der Waals surface area contributed by atoms with E-state index in [0.29, 0.717) is 0 Å². The normalized spacial score (nSPS) is 12.1. The Bertz CT molecular complexity index is 3470. The summed E-state index contributed by atoms with van der Waals surface area (Å²) in [7, 11) is 0. The van der Waals surface area contributed by atoms with Crippen molar-refractivity contribution >= 4 is 87.2 Å². The fraction of sp³-hybridized carbons (Fsp3) is 0. The highest BCUT2D eigenvalue weighted by molar-refractivity contribution is 6.12. The molecule has 8 heteroatoms. The third-order valence-electron chi connectivity index (χ3n) is 13.1. The lowest BCUT2D eigenvalue weighted by atomic mass is 10.0.